The highest BCUT2D eigenvalue weighted by molar-refractivity contribution is 5.98. The maximum atomic E-state index is 11.2. The van der Waals surface area contributed by atoms with Crippen molar-refractivity contribution < 1.29 is 9.90 Å². The maximum absolute atomic E-state index is 11.2. The zero-order valence-corrected chi connectivity index (χ0v) is 9.23. The van der Waals surface area contributed by atoms with Gasteiger partial charge in [-0.3, -0.25) is 0 Å². The highest BCUT2D eigenvalue weighted by atomic mass is 16.4. The van der Waals surface area contributed by atoms with Crippen LogP contribution in [-0.4, -0.2) is 34.8 Å². The third-order valence-corrected chi connectivity index (χ3v) is 3.57. The van der Waals surface area contributed by atoms with Gasteiger partial charge in [0.2, 0.25) is 0 Å². The van der Waals surface area contributed by atoms with E-state index in [4.69, 9.17) is 0 Å². The molecule has 0 amide bonds. The first-order valence-electron chi connectivity index (χ1n) is 5.61. The van der Waals surface area contributed by atoms with Crippen molar-refractivity contribution in [3.8, 4) is 0 Å². The molecular formula is C11H15N3O2. The number of aryl methyl sites for hydroxylation is 1. The van der Waals surface area contributed by atoms with Gasteiger partial charge in [-0.15, -0.1) is 0 Å². The number of hydrogen-bond donors (Lipinski definition) is 2. The van der Waals surface area contributed by atoms with Gasteiger partial charge in [-0.05, 0) is 12.8 Å². The van der Waals surface area contributed by atoms with E-state index in [9.17, 15) is 9.90 Å². The summed E-state index contributed by atoms with van der Waals surface area (Å²) in [6.45, 7) is 1.90. The molecule has 5 nitrogen and oxygen atoms in total. The van der Waals surface area contributed by atoms with E-state index in [1.807, 2.05) is 6.20 Å². The second-order valence-electron chi connectivity index (χ2n) is 4.52. The Hall–Kier alpha value is -1.65. The fourth-order valence-electron chi connectivity index (χ4n) is 2.84. The first-order chi connectivity index (χ1) is 7.68. The summed E-state index contributed by atoms with van der Waals surface area (Å²) in [7, 11) is 1.79. The first kappa shape index (κ1) is 9.57. The van der Waals surface area contributed by atoms with Gasteiger partial charge in [-0.1, -0.05) is 0 Å². The summed E-state index contributed by atoms with van der Waals surface area (Å²) in [5.41, 5.74) is 2.20. The molecule has 0 saturated carbocycles. The van der Waals surface area contributed by atoms with Crippen LogP contribution in [0.3, 0.4) is 0 Å². The van der Waals surface area contributed by atoms with Crippen LogP contribution in [0.5, 0.6) is 0 Å². The number of rotatable bonds is 1. The Bertz CT molecular complexity index is 452. The van der Waals surface area contributed by atoms with Crippen LogP contribution in [0, 0.1) is 0 Å². The molecule has 5 heteroatoms. The number of nitrogens with one attached hydrogen (secondary N) is 1. The summed E-state index contributed by atoms with van der Waals surface area (Å²) in [4.78, 5) is 13.5. The number of carboxylic acids is 1. The Labute approximate surface area is 93.7 Å². The van der Waals surface area contributed by atoms with Gasteiger partial charge in [-0.2, -0.15) is 0 Å². The molecule has 0 unspecified atom stereocenters. The van der Waals surface area contributed by atoms with Crippen LogP contribution in [0.2, 0.25) is 0 Å². The molecule has 1 fully saturated rings. The fourth-order valence-corrected chi connectivity index (χ4v) is 2.84. The lowest BCUT2D eigenvalue weighted by Gasteiger charge is -2.32. The zero-order valence-electron chi connectivity index (χ0n) is 9.23. The quantitative estimate of drug-likeness (QED) is 0.746. The average molecular weight is 221 g/mol. The van der Waals surface area contributed by atoms with E-state index in [1.165, 1.54) is 12.8 Å². The molecule has 3 heterocycles. The molecule has 16 heavy (non-hydrogen) atoms. The van der Waals surface area contributed by atoms with E-state index in [0.29, 0.717) is 11.7 Å². The van der Waals surface area contributed by atoms with Crippen LogP contribution in [0.1, 0.15) is 23.3 Å². The second kappa shape index (κ2) is 3.17. The number of aromatic nitrogens is 1. The summed E-state index contributed by atoms with van der Waals surface area (Å²) < 4.78 is 1.70. The van der Waals surface area contributed by atoms with Crippen molar-refractivity contribution in [3.05, 3.63) is 11.9 Å². The van der Waals surface area contributed by atoms with Gasteiger partial charge in [0.1, 0.15) is 0 Å². The smallest absolute Gasteiger partial charge is 0.354 e. The van der Waals surface area contributed by atoms with Crippen LogP contribution < -0.4 is 10.2 Å². The predicted octanol–water partition coefficient (Wildman–Crippen LogP) is 1.12. The molecule has 2 aliphatic heterocycles. The summed E-state index contributed by atoms with van der Waals surface area (Å²) in [6, 6.07) is 0.538. The molecule has 86 valence electrons. The number of carbonyl (C=O) groups is 1. The SMILES string of the molecule is Cn1cc2c(c1C(=O)O)NC[C@@H]1CCCN21. The van der Waals surface area contributed by atoms with E-state index in [1.54, 1.807) is 11.6 Å². The summed E-state index contributed by atoms with van der Waals surface area (Å²) >= 11 is 0. The normalized spacial score (nSPS) is 22.6. The standard InChI is InChI=1S/C11H15N3O2/c1-13-6-8-9(10(13)11(15)16)12-5-7-3-2-4-14(7)8/h6-7,12H,2-5H2,1H3,(H,15,16)/t7-/m0/s1. The zero-order chi connectivity index (χ0) is 11.3. The van der Waals surface area contributed by atoms with Crippen LogP contribution in [0.4, 0.5) is 11.4 Å². The maximum Gasteiger partial charge on any atom is 0.354 e. The van der Waals surface area contributed by atoms with Crippen LogP contribution in [-0.2, 0) is 7.05 Å². The Kier molecular flexibility index (Phi) is 1.89. The molecule has 0 aromatic carbocycles. The number of fused-ring (bicyclic) bond motifs is 3. The Balaban J connectivity index is 2.11. The molecule has 1 aromatic heterocycles. The predicted molar refractivity (Wildman–Crippen MR) is 61.2 cm³/mol. The number of hydrogen-bond acceptors (Lipinski definition) is 3. The monoisotopic (exact) mass is 221 g/mol. The molecule has 1 atom stereocenters. The molecule has 0 bridgehead atoms. The molecule has 2 N–H and O–H groups in total. The van der Waals surface area contributed by atoms with Crippen LogP contribution in [0.15, 0.2) is 6.20 Å². The van der Waals surface area contributed by atoms with Gasteiger partial charge in [-0.25, -0.2) is 4.79 Å². The summed E-state index contributed by atoms with van der Waals surface area (Å²) in [5.74, 6) is -0.867. The molecule has 1 saturated heterocycles. The average Bonchev–Trinajstić information content (AvgIpc) is 2.78. The Morgan fingerprint density at radius 2 is 2.44 bits per heavy atom. The van der Waals surface area contributed by atoms with E-state index in [2.05, 4.69) is 10.2 Å². The minimum absolute atomic E-state index is 0.361. The minimum Gasteiger partial charge on any atom is -0.477 e. The second-order valence-corrected chi connectivity index (χ2v) is 4.52. The fraction of sp³-hybridized carbons (Fsp3) is 0.545. The molecule has 3 rings (SSSR count). The van der Waals surface area contributed by atoms with Gasteiger partial charge >= 0.3 is 5.97 Å². The van der Waals surface area contributed by atoms with Crippen molar-refractivity contribution in [1.29, 1.82) is 0 Å². The van der Waals surface area contributed by atoms with Gasteiger partial charge in [0.25, 0.3) is 0 Å². The lowest BCUT2D eigenvalue weighted by atomic mass is 10.1. The van der Waals surface area contributed by atoms with Crippen LogP contribution >= 0.6 is 0 Å². The molecule has 2 aliphatic rings. The van der Waals surface area contributed by atoms with E-state index in [0.717, 1.165) is 24.5 Å². The van der Waals surface area contributed by atoms with Crippen molar-refractivity contribution in [2.24, 2.45) is 7.05 Å². The van der Waals surface area contributed by atoms with Crippen molar-refractivity contribution in [2.75, 3.05) is 23.3 Å². The molecule has 0 radical (unpaired) electrons. The topological polar surface area (TPSA) is 57.5 Å². The number of nitrogens with zero attached hydrogens (tertiary/aromatic N) is 2. The van der Waals surface area contributed by atoms with E-state index >= 15 is 0 Å². The summed E-state index contributed by atoms with van der Waals surface area (Å²) in [6.07, 6.45) is 4.32. The lowest BCUT2D eigenvalue weighted by molar-refractivity contribution is 0.0687. The van der Waals surface area contributed by atoms with Crippen molar-refractivity contribution >= 4 is 17.3 Å². The van der Waals surface area contributed by atoms with Gasteiger partial charge in [0, 0.05) is 32.4 Å². The van der Waals surface area contributed by atoms with Gasteiger partial charge in [0.05, 0.1) is 11.4 Å². The third-order valence-electron chi connectivity index (χ3n) is 3.57. The number of anilines is 2. The molecule has 0 spiro atoms. The highest BCUT2D eigenvalue weighted by Gasteiger charge is 2.34. The van der Waals surface area contributed by atoms with Gasteiger partial charge in [0.15, 0.2) is 5.69 Å². The van der Waals surface area contributed by atoms with Crippen molar-refractivity contribution in [2.45, 2.75) is 18.9 Å². The third kappa shape index (κ3) is 1.14. The van der Waals surface area contributed by atoms with E-state index < -0.39 is 5.97 Å². The number of aromatic carboxylic acids is 1. The largest absolute Gasteiger partial charge is 0.477 e. The summed E-state index contributed by atoms with van der Waals surface area (Å²) in [5, 5.41) is 12.4. The van der Waals surface area contributed by atoms with E-state index in [-0.39, 0.29) is 0 Å². The van der Waals surface area contributed by atoms with Gasteiger partial charge < -0.3 is 19.9 Å². The highest BCUT2D eigenvalue weighted by Crippen LogP contribution is 2.39. The molecule has 1 aromatic rings. The van der Waals surface area contributed by atoms with Crippen molar-refractivity contribution in [1.82, 2.24) is 4.57 Å². The van der Waals surface area contributed by atoms with Crippen LogP contribution in [0.25, 0.3) is 0 Å². The molecule has 0 aliphatic carbocycles. The number of carboxylic acid groups (broad SMARTS) is 1. The first-order valence-corrected chi connectivity index (χ1v) is 5.61. The Morgan fingerprint density at radius 1 is 1.62 bits per heavy atom. The lowest BCUT2D eigenvalue weighted by Crippen LogP contribution is -2.39. The molecular weight excluding hydrogens is 206 g/mol. The van der Waals surface area contributed by atoms with Crippen molar-refractivity contribution in [3.63, 3.8) is 0 Å². The Morgan fingerprint density at radius 3 is 3.19 bits per heavy atom. The minimum atomic E-state index is -0.867.